The van der Waals surface area contributed by atoms with Gasteiger partial charge < -0.3 is 14.9 Å². The van der Waals surface area contributed by atoms with Crippen LogP contribution < -0.4 is 0 Å². The van der Waals surface area contributed by atoms with Gasteiger partial charge in [0.2, 0.25) is 0 Å². The maximum absolute atomic E-state index is 13.6. The number of hydrogen-bond acceptors (Lipinski definition) is 7. The zero-order valence-electron chi connectivity index (χ0n) is 17.5. The molecule has 174 valence electrons. The first kappa shape index (κ1) is 22.8. The van der Waals surface area contributed by atoms with Gasteiger partial charge in [-0.25, -0.2) is 27.5 Å². The molecule has 4 unspecified atom stereocenters. The van der Waals surface area contributed by atoms with Crippen LogP contribution in [-0.4, -0.2) is 58.8 Å². The van der Waals surface area contributed by atoms with E-state index in [1.807, 2.05) is 6.92 Å². The molecule has 0 bridgehead atoms. The molecular formula is C21H21F3N6O3. The van der Waals surface area contributed by atoms with E-state index in [1.165, 1.54) is 17.2 Å². The smallest absolute Gasteiger partial charge is 0.194 e. The van der Waals surface area contributed by atoms with Crippen LogP contribution in [0.15, 0.2) is 43.4 Å². The molecule has 1 aliphatic rings. The molecule has 0 spiro atoms. The second-order valence-electron chi connectivity index (χ2n) is 7.55. The lowest BCUT2D eigenvalue weighted by Crippen LogP contribution is -2.45. The Bertz CT molecular complexity index is 1170. The number of aliphatic hydroxyl groups is 2. The molecule has 0 aliphatic carbocycles. The summed E-state index contributed by atoms with van der Waals surface area (Å²) in [7, 11) is 0. The number of allylic oxidation sites excluding steroid dienone is 3. The quantitative estimate of drug-likeness (QED) is 0.428. The van der Waals surface area contributed by atoms with Crippen molar-refractivity contribution in [3.8, 4) is 11.3 Å². The van der Waals surface area contributed by atoms with Crippen molar-refractivity contribution in [1.29, 1.82) is 0 Å². The minimum absolute atomic E-state index is 0.0145. The summed E-state index contributed by atoms with van der Waals surface area (Å²) in [6.45, 7) is 5.00. The summed E-state index contributed by atoms with van der Waals surface area (Å²) in [4.78, 5) is 4.27. The fraction of sp³-hybridized carbons (Fsp3) is 0.333. The largest absolute Gasteiger partial charge is 0.394 e. The van der Waals surface area contributed by atoms with Gasteiger partial charge in [0.15, 0.2) is 23.3 Å². The van der Waals surface area contributed by atoms with Gasteiger partial charge in [-0.15, -0.1) is 5.10 Å². The van der Waals surface area contributed by atoms with Crippen molar-refractivity contribution >= 4 is 5.70 Å². The van der Waals surface area contributed by atoms with Crippen molar-refractivity contribution in [3.05, 3.63) is 66.7 Å². The van der Waals surface area contributed by atoms with Gasteiger partial charge in [0.05, 0.1) is 18.8 Å². The van der Waals surface area contributed by atoms with E-state index >= 15 is 0 Å². The molecular weight excluding hydrogens is 441 g/mol. The molecule has 1 aliphatic heterocycles. The summed E-state index contributed by atoms with van der Waals surface area (Å²) in [5.41, 5.74) is 0.795. The highest BCUT2D eigenvalue weighted by Crippen LogP contribution is 2.37. The van der Waals surface area contributed by atoms with Crippen molar-refractivity contribution in [2.45, 2.75) is 37.7 Å². The number of benzene rings is 1. The monoisotopic (exact) mass is 462 g/mol. The third kappa shape index (κ3) is 4.32. The molecule has 12 heteroatoms. The van der Waals surface area contributed by atoms with Crippen LogP contribution in [0.1, 0.15) is 31.3 Å². The lowest BCUT2D eigenvalue weighted by molar-refractivity contribution is -0.161. The summed E-state index contributed by atoms with van der Waals surface area (Å²) >= 11 is 0. The lowest BCUT2D eigenvalue weighted by Gasteiger charge is -2.38. The van der Waals surface area contributed by atoms with Gasteiger partial charge in [-0.1, -0.05) is 17.9 Å². The number of rotatable bonds is 6. The summed E-state index contributed by atoms with van der Waals surface area (Å²) in [5.74, 6) is -3.84. The SMILES string of the molecule is C=C/C=C(\C)n1ncnc1C1CC(n2cc(-c3cc(F)c(F)c(F)c3)nn2)C(O)C(CO)O1. The zero-order valence-corrected chi connectivity index (χ0v) is 17.5. The minimum atomic E-state index is -1.58. The van der Waals surface area contributed by atoms with Crippen molar-refractivity contribution < 1.29 is 28.1 Å². The Morgan fingerprint density at radius 1 is 1.30 bits per heavy atom. The van der Waals surface area contributed by atoms with Crippen LogP contribution in [-0.2, 0) is 4.74 Å². The van der Waals surface area contributed by atoms with Gasteiger partial charge in [-0.05, 0) is 25.1 Å². The molecule has 0 radical (unpaired) electrons. The highest BCUT2D eigenvalue weighted by Gasteiger charge is 2.41. The highest BCUT2D eigenvalue weighted by atomic mass is 19.2. The molecule has 33 heavy (non-hydrogen) atoms. The van der Waals surface area contributed by atoms with Crippen LogP contribution >= 0.6 is 0 Å². The second kappa shape index (κ2) is 9.25. The average Bonchev–Trinajstić information content (AvgIpc) is 3.48. The van der Waals surface area contributed by atoms with Crippen LogP contribution in [0.5, 0.6) is 0 Å². The van der Waals surface area contributed by atoms with E-state index in [2.05, 4.69) is 27.0 Å². The average molecular weight is 462 g/mol. The van der Waals surface area contributed by atoms with E-state index < -0.39 is 48.4 Å². The van der Waals surface area contributed by atoms with Crippen molar-refractivity contribution in [3.63, 3.8) is 0 Å². The zero-order chi connectivity index (χ0) is 23.7. The third-order valence-electron chi connectivity index (χ3n) is 5.43. The molecule has 2 aromatic heterocycles. The Hall–Kier alpha value is -3.35. The van der Waals surface area contributed by atoms with Gasteiger partial charge in [-0.2, -0.15) is 5.10 Å². The Kier molecular flexibility index (Phi) is 6.40. The normalized spacial score (nSPS) is 23.6. The van der Waals surface area contributed by atoms with Gasteiger partial charge in [0.25, 0.3) is 0 Å². The first-order chi connectivity index (χ1) is 15.8. The Morgan fingerprint density at radius 3 is 2.70 bits per heavy atom. The van der Waals surface area contributed by atoms with Crippen molar-refractivity contribution in [2.75, 3.05) is 6.61 Å². The summed E-state index contributed by atoms with van der Waals surface area (Å²) in [6.07, 6.45) is 3.47. The molecule has 0 saturated carbocycles. The first-order valence-corrected chi connectivity index (χ1v) is 10.0. The number of nitrogens with zero attached hydrogens (tertiary/aromatic N) is 6. The van der Waals surface area contributed by atoms with Crippen LogP contribution in [0.4, 0.5) is 13.2 Å². The van der Waals surface area contributed by atoms with Gasteiger partial charge in [-0.3, -0.25) is 0 Å². The number of ether oxygens (including phenoxy) is 1. The molecule has 1 saturated heterocycles. The van der Waals surface area contributed by atoms with E-state index in [-0.39, 0.29) is 17.7 Å². The Balaban J connectivity index is 1.66. The van der Waals surface area contributed by atoms with Crippen LogP contribution in [0, 0.1) is 17.5 Å². The second-order valence-corrected chi connectivity index (χ2v) is 7.55. The van der Waals surface area contributed by atoms with E-state index in [4.69, 9.17) is 4.74 Å². The molecule has 3 heterocycles. The molecule has 0 amide bonds. The number of hydrogen-bond donors (Lipinski definition) is 2. The predicted octanol–water partition coefficient (Wildman–Crippen LogP) is 2.43. The fourth-order valence-corrected chi connectivity index (χ4v) is 3.79. The van der Waals surface area contributed by atoms with Gasteiger partial charge >= 0.3 is 0 Å². The summed E-state index contributed by atoms with van der Waals surface area (Å²) in [6, 6.07) is 0.902. The van der Waals surface area contributed by atoms with Crippen LogP contribution in [0.2, 0.25) is 0 Å². The lowest BCUT2D eigenvalue weighted by atomic mass is 9.95. The van der Waals surface area contributed by atoms with Gasteiger partial charge in [0, 0.05) is 17.7 Å². The maximum atomic E-state index is 13.6. The molecule has 9 nitrogen and oxygen atoms in total. The summed E-state index contributed by atoms with van der Waals surface area (Å²) in [5, 5.41) is 32.6. The highest BCUT2D eigenvalue weighted by molar-refractivity contribution is 5.58. The Labute approximate surface area is 186 Å². The van der Waals surface area contributed by atoms with Crippen LogP contribution in [0.3, 0.4) is 0 Å². The number of aromatic nitrogens is 6. The number of aliphatic hydroxyl groups excluding tert-OH is 2. The standard InChI is InChI=1S/C21H21F3N6O3/c1-3-4-11(2)30-21(25-10-26-30)17-7-16(20(32)18(9-31)33-17)29-8-15(27-28-29)12-5-13(22)19(24)14(23)6-12/h3-6,8,10,16-18,20,31-32H,1,7,9H2,2H3/b11-4+. The maximum Gasteiger partial charge on any atom is 0.194 e. The minimum Gasteiger partial charge on any atom is -0.394 e. The molecule has 2 N–H and O–H groups in total. The van der Waals surface area contributed by atoms with E-state index in [9.17, 15) is 23.4 Å². The summed E-state index contributed by atoms with van der Waals surface area (Å²) < 4.78 is 49.3. The molecule has 1 aromatic carbocycles. The van der Waals surface area contributed by atoms with E-state index in [0.29, 0.717) is 5.82 Å². The Morgan fingerprint density at radius 2 is 2.03 bits per heavy atom. The van der Waals surface area contributed by atoms with E-state index in [0.717, 1.165) is 17.8 Å². The molecule has 1 fully saturated rings. The molecule has 4 atom stereocenters. The predicted molar refractivity (Wildman–Crippen MR) is 110 cm³/mol. The number of halogens is 3. The van der Waals surface area contributed by atoms with Crippen LogP contribution in [0.25, 0.3) is 17.0 Å². The van der Waals surface area contributed by atoms with E-state index in [1.54, 1.807) is 16.8 Å². The third-order valence-corrected chi connectivity index (χ3v) is 5.43. The first-order valence-electron chi connectivity index (χ1n) is 10.0. The van der Waals surface area contributed by atoms with Gasteiger partial charge in [0.1, 0.15) is 30.3 Å². The molecule has 4 rings (SSSR count). The van der Waals surface area contributed by atoms with Crippen molar-refractivity contribution in [1.82, 2.24) is 29.8 Å². The topological polar surface area (TPSA) is 111 Å². The van der Waals surface area contributed by atoms with Crippen molar-refractivity contribution in [2.24, 2.45) is 0 Å². The fourth-order valence-electron chi connectivity index (χ4n) is 3.79. The molecule has 3 aromatic rings.